The quantitative estimate of drug-likeness (QED) is 0.799. The van der Waals surface area contributed by atoms with Crippen LogP contribution in [0.4, 0.5) is 4.79 Å². The van der Waals surface area contributed by atoms with Crippen molar-refractivity contribution in [1.82, 2.24) is 10.2 Å². The first-order valence-electron chi connectivity index (χ1n) is 6.83. The van der Waals surface area contributed by atoms with Gasteiger partial charge in [-0.2, -0.15) is 0 Å². The fourth-order valence-electron chi connectivity index (χ4n) is 2.23. The molecule has 1 aliphatic carbocycles. The first kappa shape index (κ1) is 12.7. The number of carbonyl (C=O) groups excluding carboxylic acids is 1. The third-order valence-electron chi connectivity index (χ3n) is 3.34. The average molecular weight is 240 g/mol. The van der Waals surface area contributed by atoms with Gasteiger partial charge in [-0.3, -0.25) is 0 Å². The van der Waals surface area contributed by atoms with Crippen LogP contribution in [0.2, 0.25) is 0 Å². The maximum atomic E-state index is 12.0. The predicted molar refractivity (Wildman–Crippen MR) is 66.9 cm³/mol. The van der Waals surface area contributed by atoms with Crippen molar-refractivity contribution in [1.29, 1.82) is 0 Å². The van der Waals surface area contributed by atoms with Crippen LogP contribution in [0, 0.1) is 5.92 Å². The molecule has 1 saturated carbocycles. The number of nitrogens with zero attached hydrogens (tertiary/aromatic N) is 1. The van der Waals surface area contributed by atoms with Crippen LogP contribution in [0.1, 0.15) is 39.5 Å². The van der Waals surface area contributed by atoms with Crippen molar-refractivity contribution < 1.29 is 9.53 Å². The van der Waals surface area contributed by atoms with Gasteiger partial charge in [0.15, 0.2) is 0 Å². The molecule has 1 saturated heterocycles. The first-order chi connectivity index (χ1) is 8.16. The third kappa shape index (κ3) is 3.87. The minimum Gasteiger partial charge on any atom is -0.449 e. The van der Waals surface area contributed by atoms with E-state index in [0.717, 1.165) is 25.9 Å². The van der Waals surface area contributed by atoms with Crippen LogP contribution in [0.5, 0.6) is 0 Å². The lowest BCUT2D eigenvalue weighted by Crippen LogP contribution is -2.43. The summed E-state index contributed by atoms with van der Waals surface area (Å²) in [5, 5.41) is 3.44. The molecule has 1 amide bonds. The molecule has 0 aromatic carbocycles. The summed E-state index contributed by atoms with van der Waals surface area (Å²) in [4.78, 5) is 13.9. The van der Waals surface area contributed by atoms with E-state index in [1.54, 1.807) is 0 Å². The Balaban J connectivity index is 1.80. The van der Waals surface area contributed by atoms with Crippen LogP contribution in [0.15, 0.2) is 0 Å². The molecular formula is C13H24N2O2. The minimum absolute atomic E-state index is 0.116. The van der Waals surface area contributed by atoms with Crippen molar-refractivity contribution in [2.24, 2.45) is 5.92 Å². The highest BCUT2D eigenvalue weighted by Crippen LogP contribution is 2.28. The van der Waals surface area contributed by atoms with E-state index < -0.39 is 0 Å². The van der Waals surface area contributed by atoms with Gasteiger partial charge in [0.2, 0.25) is 0 Å². The number of amides is 1. The zero-order valence-corrected chi connectivity index (χ0v) is 10.9. The maximum Gasteiger partial charge on any atom is 0.410 e. The molecule has 0 aromatic heterocycles. The number of hydrogen-bond donors (Lipinski definition) is 1. The molecule has 17 heavy (non-hydrogen) atoms. The molecule has 4 nitrogen and oxygen atoms in total. The number of ether oxygens (including phenoxy) is 1. The summed E-state index contributed by atoms with van der Waals surface area (Å²) >= 11 is 0. The molecule has 1 aliphatic heterocycles. The lowest BCUT2D eigenvalue weighted by molar-refractivity contribution is 0.0866. The minimum atomic E-state index is -0.116. The van der Waals surface area contributed by atoms with Crippen molar-refractivity contribution >= 4 is 6.09 Å². The Labute approximate surface area is 104 Å². The third-order valence-corrected chi connectivity index (χ3v) is 3.34. The molecule has 1 unspecified atom stereocenters. The SMILES string of the molecule is CC(C)COC(=O)N(CC1CCCN1)C1CC1. The Morgan fingerprint density at radius 3 is 2.71 bits per heavy atom. The number of rotatable bonds is 5. The largest absolute Gasteiger partial charge is 0.449 e. The van der Waals surface area contributed by atoms with E-state index in [0.29, 0.717) is 24.6 Å². The summed E-state index contributed by atoms with van der Waals surface area (Å²) in [6.45, 7) is 6.56. The topological polar surface area (TPSA) is 41.6 Å². The molecule has 0 bridgehead atoms. The van der Waals surface area contributed by atoms with E-state index in [2.05, 4.69) is 19.2 Å². The van der Waals surface area contributed by atoms with Crippen molar-refractivity contribution in [3.05, 3.63) is 0 Å². The Morgan fingerprint density at radius 1 is 1.41 bits per heavy atom. The summed E-state index contributed by atoms with van der Waals surface area (Å²) in [5.41, 5.74) is 0. The Kier molecular flexibility index (Phi) is 4.26. The van der Waals surface area contributed by atoms with Crippen LogP contribution in [0.3, 0.4) is 0 Å². The smallest absolute Gasteiger partial charge is 0.410 e. The van der Waals surface area contributed by atoms with Gasteiger partial charge in [0.05, 0.1) is 6.61 Å². The van der Waals surface area contributed by atoms with Crippen LogP contribution >= 0.6 is 0 Å². The molecule has 2 rings (SSSR count). The standard InChI is InChI=1S/C13H24N2O2/c1-10(2)9-17-13(16)15(12-5-6-12)8-11-4-3-7-14-11/h10-12,14H,3-9H2,1-2H3. The highest BCUT2D eigenvalue weighted by Gasteiger charge is 2.35. The van der Waals surface area contributed by atoms with E-state index >= 15 is 0 Å². The zero-order chi connectivity index (χ0) is 12.3. The maximum absolute atomic E-state index is 12.0. The molecule has 1 N–H and O–H groups in total. The molecule has 2 aliphatic rings. The lowest BCUT2D eigenvalue weighted by Gasteiger charge is -2.25. The molecule has 2 fully saturated rings. The van der Waals surface area contributed by atoms with E-state index in [-0.39, 0.29) is 6.09 Å². The van der Waals surface area contributed by atoms with Crippen LogP contribution in [-0.4, -0.2) is 42.8 Å². The van der Waals surface area contributed by atoms with Crippen LogP contribution in [0.25, 0.3) is 0 Å². The van der Waals surface area contributed by atoms with Crippen molar-refractivity contribution in [3.63, 3.8) is 0 Å². The molecule has 98 valence electrons. The predicted octanol–water partition coefficient (Wildman–Crippen LogP) is 2.00. The van der Waals surface area contributed by atoms with Gasteiger partial charge in [0.25, 0.3) is 0 Å². The lowest BCUT2D eigenvalue weighted by atomic mass is 10.2. The summed E-state index contributed by atoms with van der Waals surface area (Å²) in [6.07, 6.45) is 4.58. The normalized spacial score (nSPS) is 24.1. The molecule has 1 atom stereocenters. The first-order valence-corrected chi connectivity index (χ1v) is 6.83. The Hall–Kier alpha value is -0.770. The van der Waals surface area contributed by atoms with Gasteiger partial charge >= 0.3 is 6.09 Å². The second kappa shape index (κ2) is 5.71. The average Bonchev–Trinajstić information content (AvgIpc) is 3.00. The summed E-state index contributed by atoms with van der Waals surface area (Å²) < 4.78 is 5.34. The van der Waals surface area contributed by atoms with Gasteiger partial charge in [-0.1, -0.05) is 13.8 Å². The van der Waals surface area contributed by atoms with E-state index in [4.69, 9.17) is 4.74 Å². The van der Waals surface area contributed by atoms with Crippen molar-refractivity contribution in [2.75, 3.05) is 19.7 Å². The molecule has 0 spiro atoms. The molecule has 4 heteroatoms. The number of hydrogen-bond acceptors (Lipinski definition) is 3. The van der Waals surface area contributed by atoms with Crippen LogP contribution in [-0.2, 0) is 4.74 Å². The Morgan fingerprint density at radius 2 is 2.18 bits per heavy atom. The van der Waals surface area contributed by atoms with Gasteiger partial charge in [0, 0.05) is 18.6 Å². The second-order valence-corrected chi connectivity index (χ2v) is 5.65. The highest BCUT2D eigenvalue weighted by molar-refractivity contribution is 5.68. The summed E-state index contributed by atoms with van der Waals surface area (Å²) in [6, 6.07) is 0.916. The van der Waals surface area contributed by atoms with Gasteiger partial charge in [-0.25, -0.2) is 4.79 Å². The van der Waals surface area contributed by atoms with E-state index in [1.807, 2.05) is 4.90 Å². The van der Waals surface area contributed by atoms with Gasteiger partial charge in [-0.15, -0.1) is 0 Å². The van der Waals surface area contributed by atoms with E-state index in [9.17, 15) is 4.79 Å². The van der Waals surface area contributed by atoms with Crippen molar-refractivity contribution in [2.45, 2.75) is 51.6 Å². The molecule has 1 heterocycles. The highest BCUT2D eigenvalue weighted by atomic mass is 16.6. The fourth-order valence-corrected chi connectivity index (χ4v) is 2.23. The molecule has 0 radical (unpaired) electrons. The van der Waals surface area contributed by atoms with Gasteiger partial charge < -0.3 is 15.0 Å². The number of nitrogens with one attached hydrogen (secondary N) is 1. The Bertz CT molecular complexity index is 258. The van der Waals surface area contributed by atoms with Crippen LogP contribution < -0.4 is 5.32 Å². The summed E-state index contributed by atoms with van der Waals surface area (Å²) in [7, 11) is 0. The summed E-state index contributed by atoms with van der Waals surface area (Å²) in [5.74, 6) is 0.407. The monoisotopic (exact) mass is 240 g/mol. The van der Waals surface area contributed by atoms with Gasteiger partial charge in [0.1, 0.15) is 0 Å². The van der Waals surface area contributed by atoms with E-state index in [1.165, 1.54) is 12.8 Å². The molecule has 0 aromatic rings. The number of carbonyl (C=O) groups is 1. The zero-order valence-electron chi connectivity index (χ0n) is 10.9. The van der Waals surface area contributed by atoms with Crippen molar-refractivity contribution in [3.8, 4) is 0 Å². The fraction of sp³-hybridized carbons (Fsp3) is 0.923. The van der Waals surface area contributed by atoms with Gasteiger partial charge in [-0.05, 0) is 38.1 Å². The molecular weight excluding hydrogens is 216 g/mol. The second-order valence-electron chi connectivity index (χ2n) is 5.65.